The smallest absolute Gasteiger partial charge is 0.143 e. The number of hydrogen-bond acceptors (Lipinski definition) is 2. The van der Waals surface area contributed by atoms with Crippen molar-refractivity contribution < 1.29 is 4.74 Å². The number of benzene rings is 3. The Bertz CT molecular complexity index is 1000. The Morgan fingerprint density at radius 2 is 1.44 bits per heavy atom. The highest BCUT2D eigenvalue weighted by Crippen LogP contribution is 2.37. The van der Waals surface area contributed by atoms with Crippen LogP contribution in [0, 0.1) is 6.92 Å². The van der Waals surface area contributed by atoms with Crippen LogP contribution in [-0.2, 0) is 4.74 Å². The number of allylic oxidation sites excluding steroid dienone is 2. The van der Waals surface area contributed by atoms with E-state index in [0.717, 1.165) is 26.3 Å². The van der Waals surface area contributed by atoms with E-state index in [2.05, 4.69) is 96.2 Å². The molecule has 1 nitrogen and oxygen atoms in total. The van der Waals surface area contributed by atoms with Crippen molar-refractivity contribution in [2.75, 3.05) is 0 Å². The van der Waals surface area contributed by atoms with Crippen LogP contribution < -0.4 is 0 Å². The molecule has 3 heteroatoms. The minimum Gasteiger partial charge on any atom is -0.481 e. The van der Waals surface area contributed by atoms with E-state index in [9.17, 15) is 0 Å². The number of thiol groups is 1. The molecule has 1 aliphatic heterocycles. The molecule has 0 radical (unpaired) electrons. The molecule has 0 N–H and O–H groups in total. The highest BCUT2D eigenvalue weighted by atomic mass is 79.9. The Kier molecular flexibility index (Phi) is 5.24. The van der Waals surface area contributed by atoms with E-state index >= 15 is 0 Å². The summed E-state index contributed by atoms with van der Waals surface area (Å²) in [6, 6.07) is 25.0. The molecule has 1 unspecified atom stereocenters. The van der Waals surface area contributed by atoms with E-state index in [4.69, 9.17) is 4.74 Å². The zero-order chi connectivity index (χ0) is 18.8. The first-order valence-corrected chi connectivity index (χ1v) is 10.0. The third kappa shape index (κ3) is 4.20. The SMILES string of the molecule is Cc1ccc(C2=CC(c3ccc(S)cc3)OC(c3ccc(Br)cc3)=C2)cc1. The lowest BCUT2D eigenvalue weighted by Crippen LogP contribution is -2.07. The molecule has 1 aliphatic rings. The summed E-state index contributed by atoms with van der Waals surface area (Å²) in [6.45, 7) is 2.10. The van der Waals surface area contributed by atoms with Crippen LogP contribution in [0.15, 0.2) is 94.3 Å². The summed E-state index contributed by atoms with van der Waals surface area (Å²) < 4.78 is 7.41. The molecule has 4 rings (SSSR count). The number of aryl methyl sites for hydroxylation is 1. The largest absolute Gasteiger partial charge is 0.481 e. The monoisotopic (exact) mass is 434 g/mol. The maximum atomic E-state index is 6.36. The highest BCUT2D eigenvalue weighted by molar-refractivity contribution is 9.10. The highest BCUT2D eigenvalue weighted by Gasteiger charge is 2.20. The van der Waals surface area contributed by atoms with Crippen molar-refractivity contribution in [1.29, 1.82) is 0 Å². The quantitative estimate of drug-likeness (QED) is 0.427. The molecule has 27 heavy (non-hydrogen) atoms. The van der Waals surface area contributed by atoms with E-state index in [0.29, 0.717) is 0 Å². The van der Waals surface area contributed by atoms with Crippen LogP contribution in [0.4, 0.5) is 0 Å². The molecule has 1 heterocycles. The van der Waals surface area contributed by atoms with Gasteiger partial charge in [-0.05, 0) is 60.0 Å². The minimum atomic E-state index is -0.140. The van der Waals surface area contributed by atoms with Crippen molar-refractivity contribution in [3.63, 3.8) is 0 Å². The zero-order valence-electron chi connectivity index (χ0n) is 14.9. The average Bonchev–Trinajstić information content (AvgIpc) is 2.69. The second-order valence-corrected chi connectivity index (χ2v) is 8.07. The molecule has 0 spiro atoms. The predicted molar refractivity (Wildman–Crippen MR) is 119 cm³/mol. The minimum absolute atomic E-state index is 0.140. The maximum Gasteiger partial charge on any atom is 0.143 e. The van der Waals surface area contributed by atoms with Crippen LogP contribution in [0.5, 0.6) is 0 Å². The summed E-state index contributed by atoms with van der Waals surface area (Å²) in [5, 5.41) is 0. The first-order chi connectivity index (χ1) is 13.1. The second-order valence-electron chi connectivity index (χ2n) is 6.63. The van der Waals surface area contributed by atoms with E-state index < -0.39 is 0 Å². The van der Waals surface area contributed by atoms with Crippen LogP contribution in [0.1, 0.15) is 28.4 Å². The molecule has 0 fully saturated rings. The number of rotatable bonds is 3. The summed E-state index contributed by atoms with van der Waals surface area (Å²) in [5.41, 5.74) is 5.78. The van der Waals surface area contributed by atoms with E-state index in [1.807, 2.05) is 24.3 Å². The molecule has 0 amide bonds. The van der Waals surface area contributed by atoms with E-state index in [1.54, 1.807) is 0 Å². The van der Waals surface area contributed by atoms with Crippen molar-refractivity contribution in [1.82, 2.24) is 0 Å². The first kappa shape index (κ1) is 18.1. The molecule has 0 bridgehead atoms. The van der Waals surface area contributed by atoms with Crippen LogP contribution in [0.2, 0.25) is 0 Å². The Balaban J connectivity index is 1.77. The van der Waals surface area contributed by atoms with Gasteiger partial charge in [0.1, 0.15) is 11.9 Å². The molecule has 0 saturated heterocycles. The van der Waals surface area contributed by atoms with Crippen molar-refractivity contribution in [2.24, 2.45) is 0 Å². The van der Waals surface area contributed by atoms with Gasteiger partial charge in [-0.2, -0.15) is 0 Å². The van der Waals surface area contributed by atoms with Crippen molar-refractivity contribution in [3.05, 3.63) is 112 Å². The summed E-state index contributed by atoms with van der Waals surface area (Å²) in [5.74, 6) is 0.875. The average molecular weight is 435 g/mol. The number of hydrogen-bond donors (Lipinski definition) is 1. The molecule has 0 aliphatic carbocycles. The predicted octanol–water partition coefficient (Wildman–Crippen LogP) is 7.24. The van der Waals surface area contributed by atoms with E-state index in [1.165, 1.54) is 16.7 Å². The van der Waals surface area contributed by atoms with Crippen LogP contribution in [-0.4, -0.2) is 0 Å². The lowest BCUT2D eigenvalue weighted by atomic mass is 9.96. The van der Waals surface area contributed by atoms with Crippen molar-refractivity contribution >= 4 is 39.9 Å². The van der Waals surface area contributed by atoms with E-state index in [-0.39, 0.29) is 6.10 Å². The van der Waals surface area contributed by atoms with Gasteiger partial charge in [0.2, 0.25) is 0 Å². The molecule has 134 valence electrons. The zero-order valence-corrected chi connectivity index (χ0v) is 17.4. The second kappa shape index (κ2) is 7.79. The molecular weight excluding hydrogens is 416 g/mol. The normalized spacial score (nSPS) is 16.3. The molecule has 3 aromatic rings. The van der Waals surface area contributed by atoms with Gasteiger partial charge in [0.25, 0.3) is 0 Å². The Labute approximate surface area is 173 Å². The Morgan fingerprint density at radius 1 is 0.815 bits per heavy atom. The third-order valence-corrected chi connectivity index (χ3v) is 5.43. The van der Waals surface area contributed by atoms with Crippen molar-refractivity contribution in [2.45, 2.75) is 17.9 Å². The first-order valence-electron chi connectivity index (χ1n) is 8.80. The summed E-state index contributed by atoms with van der Waals surface area (Å²) >= 11 is 7.89. The Hall–Kier alpha value is -2.23. The van der Waals surface area contributed by atoms with Crippen LogP contribution >= 0.6 is 28.6 Å². The molecule has 1 atom stereocenters. The lowest BCUT2D eigenvalue weighted by Gasteiger charge is -2.25. The maximum absolute atomic E-state index is 6.36. The van der Waals surface area contributed by atoms with Crippen LogP contribution in [0.25, 0.3) is 11.3 Å². The van der Waals surface area contributed by atoms with Gasteiger partial charge < -0.3 is 4.74 Å². The molecule has 0 saturated carbocycles. The van der Waals surface area contributed by atoms with Crippen molar-refractivity contribution in [3.8, 4) is 0 Å². The number of ether oxygens (including phenoxy) is 1. The van der Waals surface area contributed by atoms with Gasteiger partial charge in [-0.1, -0.05) is 70.0 Å². The van der Waals surface area contributed by atoms with Gasteiger partial charge in [-0.3, -0.25) is 0 Å². The fourth-order valence-electron chi connectivity index (χ4n) is 3.08. The lowest BCUT2D eigenvalue weighted by molar-refractivity contribution is 0.213. The van der Waals surface area contributed by atoms with Gasteiger partial charge in [-0.25, -0.2) is 0 Å². The summed E-state index contributed by atoms with van der Waals surface area (Å²) in [4.78, 5) is 0.945. The van der Waals surface area contributed by atoms with Gasteiger partial charge in [0, 0.05) is 14.9 Å². The third-order valence-electron chi connectivity index (χ3n) is 4.61. The molecule has 0 aromatic heterocycles. The molecular formula is C24H19BrOS. The topological polar surface area (TPSA) is 9.23 Å². The van der Waals surface area contributed by atoms with Gasteiger partial charge >= 0.3 is 0 Å². The fraction of sp³-hybridized carbons (Fsp3) is 0.0833. The van der Waals surface area contributed by atoms with Gasteiger partial charge in [0.15, 0.2) is 0 Å². The Morgan fingerprint density at radius 3 is 2.11 bits per heavy atom. The van der Waals surface area contributed by atoms with Gasteiger partial charge in [-0.15, -0.1) is 12.6 Å². The number of halogens is 1. The summed E-state index contributed by atoms with van der Waals surface area (Å²) in [7, 11) is 0. The molecule has 3 aromatic carbocycles. The van der Waals surface area contributed by atoms with Gasteiger partial charge in [0.05, 0.1) is 0 Å². The van der Waals surface area contributed by atoms with Crippen LogP contribution in [0.3, 0.4) is 0 Å². The fourth-order valence-corrected chi connectivity index (χ4v) is 3.49. The summed E-state index contributed by atoms with van der Waals surface area (Å²) in [6.07, 6.45) is 4.16. The standard InChI is InChI=1S/C24H19BrOS/c1-16-2-4-17(5-3-16)20-14-23(18-6-10-21(25)11-7-18)26-24(15-20)19-8-12-22(27)13-9-19/h2-15,24,27H,1H3.